The van der Waals surface area contributed by atoms with E-state index >= 15 is 0 Å². The van der Waals surface area contributed by atoms with Gasteiger partial charge in [0.1, 0.15) is 0 Å². The minimum absolute atomic E-state index is 0.329. The smallest absolute Gasteiger partial charge is 0.349 e. The Balaban J connectivity index is 1.95. The fraction of sp³-hybridized carbons (Fsp3) is 0.778. The van der Waals surface area contributed by atoms with Crippen LogP contribution >= 0.6 is 27.3 Å². The van der Waals surface area contributed by atoms with Gasteiger partial charge < -0.3 is 4.90 Å². The maximum Gasteiger partial charge on any atom is 0.445 e. The summed E-state index contributed by atoms with van der Waals surface area (Å²) in [6.45, 7) is 0.731. The zero-order valence-electron chi connectivity index (χ0n) is 9.04. The highest BCUT2D eigenvalue weighted by Crippen LogP contribution is 2.37. The van der Waals surface area contributed by atoms with Gasteiger partial charge in [0.25, 0.3) is 0 Å². The Labute approximate surface area is 109 Å². The largest absolute Gasteiger partial charge is 0.445 e. The van der Waals surface area contributed by atoms with Gasteiger partial charge in [0.15, 0.2) is 0 Å². The maximum absolute atomic E-state index is 12.3. The third-order valence-corrected chi connectivity index (χ3v) is 4.52. The zero-order chi connectivity index (χ0) is 12.6. The first-order chi connectivity index (χ1) is 7.86. The molecule has 2 rings (SSSR count). The van der Waals surface area contributed by atoms with Gasteiger partial charge in [-0.3, -0.25) is 0 Å². The maximum atomic E-state index is 12.3. The third kappa shape index (κ3) is 3.09. The van der Waals surface area contributed by atoms with Gasteiger partial charge >= 0.3 is 6.18 Å². The van der Waals surface area contributed by atoms with Gasteiger partial charge in [-0.15, -0.1) is 10.2 Å². The van der Waals surface area contributed by atoms with E-state index in [9.17, 15) is 13.2 Å². The van der Waals surface area contributed by atoms with Gasteiger partial charge in [-0.1, -0.05) is 27.3 Å². The van der Waals surface area contributed by atoms with Crippen LogP contribution in [0.15, 0.2) is 0 Å². The molecule has 8 heteroatoms. The Morgan fingerprint density at radius 2 is 2.06 bits per heavy atom. The Morgan fingerprint density at radius 3 is 2.53 bits per heavy atom. The van der Waals surface area contributed by atoms with Crippen molar-refractivity contribution in [3.05, 3.63) is 5.01 Å². The highest BCUT2D eigenvalue weighted by molar-refractivity contribution is 9.09. The molecule has 17 heavy (non-hydrogen) atoms. The van der Waals surface area contributed by atoms with Crippen molar-refractivity contribution in [1.82, 2.24) is 10.2 Å². The average molecular weight is 330 g/mol. The van der Waals surface area contributed by atoms with Crippen molar-refractivity contribution in [3.8, 4) is 0 Å². The summed E-state index contributed by atoms with van der Waals surface area (Å²) in [5.74, 6) is 0.530. The molecule has 0 spiro atoms. The van der Waals surface area contributed by atoms with Gasteiger partial charge in [-0.05, 0) is 18.8 Å². The second-order valence-electron chi connectivity index (χ2n) is 4.20. The second kappa shape index (κ2) is 4.72. The van der Waals surface area contributed by atoms with Crippen LogP contribution in [0.4, 0.5) is 18.3 Å². The average Bonchev–Trinajstić information content (AvgIpc) is 2.63. The Hall–Kier alpha value is -0.370. The molecule has 1 fully saturated rings. The van der Waals surface area contributed by atoms with Crippen molar-refractivity contribution < 1.29 is 13.2 Å². The first kappa shape index (κ1) is 13.1. The summed E-state index contributed by atoms with van der Waals surface area (Å²) in [4.78, 5) is 2.30. The molecule has 1 heterocycles. The summed E-state index contributed by atoms with van der Waals surface area (Å²) in [5, 5.41) is 6.19. The lowest BCUT2D eigenvalue weighted by Gasteiger charge is -2.34. The number of hydrogen-bond acceptors (Lipinski definition) is 4. The number of halogens is 4. The summed E-state index contributed by atoms with van der Waals surface area (Å²) in [7, 11) is 1.75. The van der Waals surface area contributed by atoms with Crippen molar-refractivity contribution in [2.45, 2.75) is 23.8 Å². The molecule has 0 atom stereocenters. The van der Waals surface area contributed by atoms with Crippen LogP contribution in [0.2, 0.25) is 0 Å². The molecule has 0 N–H and O–H groups in total. The van der Waals surface area contributed by atoms with Gasteiger partial charge in [-0.25, -0.2) is 0 Å². The van der Waals surface area contributed by atoms with E-state index in [1.165, 1.54) is 0 Å². The number of hydrogen-bond donors (Lipinski definition) is 0. The van der Waals surface area contributed by atoms with Crippen molar-refractivity contribution in [2.75, 3.05) is 18.5 Å². The number of anilines is 1. The molecule has 0 aromatic carbocycles. The SMILES string of the molecule is CN(CC1CC(Br)C1)c1nnc(C(F)(F)F)s1. The van der Waals surface area contributed by atoms with Crippen LogP contribution in [0.5, 0.6) is 0 Å². The second-order valence-corrected chi connectivity index (χ2v) is 6.45. The van der Waals surface area contributed by atoms with Crippen molar-refractivity contribution in [1.29, 1.82) is 0 Å². The molecule has 0 saturated heterocycles. The van der Waals surface area contributed by atoms with Crippen LogP contribution < -0.4 is 4.90 Å². The molecular weight excluding hydrogens is 319 g/mol. The van der Waals surface area contributed by atoms with Crippen LogP contribution in [0.25, 0.3) is 0 Å². The van der Waals surface area contributed by atoms with E-state index in [4.69, 9.17) is 0 Å². The van der Waals surface area contributed by atoms with E-state index in [-0.39, 0.29) is 0 Å². The molecule has 0 radical (unpaired) electrons. The van der Waals surface area contributed by atoms with Crippen LogP contribution in [-0.4, -0.2) is 28.6 Å². The van der Waals surface area contributed by atoms with Gasteiger partial charge in [-0.2, -0.15) is 13.2 Å². The van der Waals surface area contributed by atoms with Crippen LogP contribution in [0, 0.1) is 5.92 Å². The summed E-state index contributed by atoms with van der Waals surface area (Å²) < 4.78 is 37.0. The summed E-state index contributed by atoms with van der Waals surface area (Å²) in [6.07, 6.45) is -2.27. The predicted molar refractivity (Wildman–Crippen MR) is 63.6 cm³/mol. The molecule has 3 nitrogen and oxygen atoms in total. The van der Waals surface area contributed by atoms with E-state index in [0.717, 1.165) is 19.4 Å². The number of alkyl halides is 4. The van der Waals surface area contributed by atoms with Crippen molar-refractivity contribution >= 4 is 32.4 Å². The lowest BCUT2D eigenvalue weighted by Crippen LogP contribution is -2.34. The predicted octanol–water partition coefficient (Wildman–Crippen LogP) is 3.17. The zero-order valence-corrected chi connectivity index (χ0v) is 11.4. The van der Waals surface area contributed by atoms with E-state index in [1.54, 1.807) is 11.9 Å². The fourth-order valence-corrected chi connectivity index (χ4v) is 3.49. The quantitative estimate of drug-likeness (QED) is 0.797. The summed E-state index contributed by atoms with van der Waals surface area (Å²) in [5.41, 5.74) is 0. The normalized spacial score (nSPS) is 24.5. The van der Waals surface area contributed by atoms with Gasteiger partial charge in [0.05, 0.1) is 0 Å². The van der Waals surface area contributed by atoms with Crippen molar-refractivity contribution in [2.24, 2.45) is 5.92 Å². The molecule has 0 aliphatic heterocycles. The molecule has 96 valence electrons. The lowest BCUT2D eigenvalue weighted by atomic mass is 9.85. The molecule has 1 aliphatic rings. The third-order valence-electron chi connectivity index (χ3n) is 2.69. The van der Waals surface area contributed by atoms with Gasteiger partial charge in [0, 0.05) is 18.4 Å². The molecule has 1 aromatic heterocycles. The van der Waals surface area contributed by atoms with E-state index in [0.29, 0.717) is 27.2 Å². The topological polar surface area (TPSA) is 29.0 Å². The van der Waals surface area contributed by atoms with E-state index < -0.39 is 11.2 Å². The Bertz CT molecular complexity index is 389. The molecule has 1 aromatic rings. The summed E-state index contributed by atoms with van der Waals surface area (Å²) in [6, 6.07) is 0. The molecule has 0 bridgehead atoms. The molecule has 0 unspecified atom stereocenters. The fourth-order valence-electron chi connectivity index (χ4n) is 1.75. The minimum Gasteiger partial charge on any atom is -0.349 e. The summed E-state index contributed by atoms with van der Waals surface area (Å²) >= 11 is 4.08. The Morgan fingerprint density at radius 1 is 1.41 bits per heavy atom. The number of aromatic nitrogens is 2. The van der Waals surface area contributed by atoms with E-state index in [1.807, 2.05) is 0 Å². The van der Waals surface area contributed by atoms with Gasteiger partial charge in [0.2, 0.25) is 10.1 Å². The monoisotopic (exact) mass is 329 g/mol. The highest BCUT2D eigenvalue weighted by Gasteiger charge is 2.36. The van der Waals surface area contributed by atoms with Crippen LogP contribution in [-0.2, 0) is 6.18 Å². The molecule has 1 saturated carbocycles. The van der Waals surface area contributed by atoms with E-state index in [2.05, 4.69) is 26.1 Å². The standard InChI is InChI=1S/C9H11BrF3N3S/c1-16(4-5-2-6(10)3-5)8-15-14-7(17-8)9(11,12)13/h5-6H,2-4H2,1H3. The van der Waals surface area contributed by atoms with Crippen molar-refractivity contribution in [3.63, 3.8) is 0 Å². The number of nitrogens with zero attached hydrogens (tertiary/aromatic N) is 3. The lowest BCUT2D eigenvalue weighted by molar-refractivity contribution is -0.138. The first-order valence-electron chi connectivity index (χ1n) is 5.12. The van der Waals surface area contributed by atoms with Crippen LogP contribution in [0.1, 0.15) is 17.8 Å². The highest BCUT2D eigenvalue weighted by atomic mass is 79.9. The first-order valence-corrected chi connectivity index (χ1v) is 6.85. The van der Waals surface area contributed by atoms with Crippen LogP contribution in [0.3, 0.4) is 0 Å². The minimum atomic E-state index is -4.39. The molecule has 0 amide bonds. The number of rotatable bonds is 3. The molecule has 1 aliphatic carbocycles. The Kier molecular flexibility index (Phi) is 3.63. The molecular formula is C9H11BrF3N3S.